The highest BCUT2D eigenvalue weighted by Gasteiger charge is 2.09. The van der Waals surface area contributed by atoms with Crippen LogP contribution in [0.5, 0.6) is 5.75 Å². The van der Waals surface area contributed by atoms with Crippen LogP contribution in [0, 0.1) is 0 Å². The number of para-hydroxylation sites is 1. The lowest BCUT2D eigenvalue weighted by Gasteiger charge is -2.05. The monoisotopic (exact) mass is 261 g/mol. The molecule has 1 aromatic carbocycles. The van der Waals surface area contributed by atoms with Crippen LogP contribution in [0.25, 0.3) is 0 Å². The number of oxazole rings is 1. The number of carbonyl (C=O) groups is 1. The zero-order valence-electron chi connectivity index (χ0n) is 10.6. The number of carboxylic acid groups (broad SMARTS) is 1. The Balaban J connectivity index is 2.05. The Morgan fingerprint density at radius 2 is 2.21 bits per heavy atom. The van der Waals surface area contributed by atoms with E-state index in [2.05, 4.69) is 4.98 Å². The first-order valence-corrected chi connectivity index (χ1v) is 5.96. The van der Waals surface area contributed by atoms with E-state index in [1.807, 2.05) is 24.3 Å². The van der Waals surface area contributed by atoms with E-state index in [1.54, 1.807) is 13.3 Å². The maximum Gasteiger partial charge on any atom is 0.303 e. The van der Waals surface area contributed by atoms with Crippen molar-refractivity contribution in [1.29, 1.82) is 0 Å². The Morgan fingerprint density at radius 3 is 2.95 bits per heavy atom. The standard InChI is InChI=1S/C14H15NO4/c1-18-12-5-3-2-4-10(12)8-13-15-9-11(19-13)6-7-14(16)17/h2-5,9H,6-8H2,1H3,(H,16,17). The van der Waals surface area contributed by atoms with Crippen LogP contribution in [-0.4, -0.2) is 23.2 Å². The van der Waals surface area contributed by atoms with Gasteiger partial charge in [0.05, 0.1) is 26.1 Å². The molecule has 0 amide bonds. The number of carboxylic acids is 1. The molecule has 100 valence electrons. The van der Waals surface area contributed by atoms with Crippen LogP contribution in [0.4, 0.5) is 0 Å². The molecule has 0 bridgehead atoms. The summed E-state index contributed by atoms with van der Waals surface area (Å²) in [6, 6.07) is 7.64. The Bertz CT molecular complexity index is 562. The summed E-state index contributed by atoms with van der Waals surface area (Å²) >= 11 is 0. The van der Waals surface area contributed by atoms with Gasteiger partial charge in [0.2, 0.25) is 0 Å². The van der Waals surface area contributed by atoms with E-state index < -0.39 is 5.97 Å². The maximum absolute atomic E-state index is 10.5. The predicted octanol–water partition coefficient (Wildman–Crippen LogP) is 2.29. The van der Waals surface area contributed by atoms with Gasteiger partial charge >= 0.3 is 5.97 Å². The van der Waals surface area contributed by atoms with E-state index in [0.717, 1.165) is 11.3 Å². The maximum atomic E-state index is 10.5. The molecular weight excluding hydrogens is 246 g/mol. The van der Waals surface area contributed by atoms with Crippen LogP contribution in [0.1, 0.15) is 23.6 Å². The van der Waals surface area contributed by atoms with Crippen LogP contribution < -0.4 is 4.74 Å². The van der Waals surface area contributed by atoms with Gasteiger partial charge in [0.25, 0.3) is 0 Å². The minimum absolute atomic E-state index is 0.0449. The highest BCUT2D eigenvalue weighted by atomic mass is 16.5. The van der Waals surface area contributed by atoms with Crippen molar-refractivity contribution in [2.24, 2.45) is 0 Å². The molecule has 0 radical (unpaired) electrons. The van der Waals surface area contributed by atoms with E-state index in [1.165, 1.54) is 0 Å². The van der Waals surface area contributed by atoms with Gasteiger partial charge in [0.15, 0.2) is 5.89 Å². The molecule has 1 heterocycles. The highest BCUT2D eigenvalue weighted by molar-refractivity contribution is 5.66. The number of nitrogens with zero attached hydrogens (tertiary/aromatic N) is 1. The fourth-order valence-corrected chi connectivity index (χ4v) is 1.79. The molecule has 0 saturated heterocycles. The molecule has 1 aromatic heterocycles. The van der Waals surface area contributed by atoms with Crippen LogP contribution in [0.2, 0.25) is 0 Å². The van der Waals surface area contributed by atoms with Crippen molar-refractivity contribution in [3.63, 3.8) is 0 Å². The molecule has 0 fully saturated rings. The van der Waals surface area contributed by atoms with E-state index in [0.29, 0.717) is 24.5 Å². The smallest absolute Gasteiger partial charge is 0.303 e. The van der Waals surface area contributed by atoms with Crippen LogP contribution >= 0.6 is 0 Å². The van der Waals surface area contributed by atoms with Crippen LogP contribution in [0.15, 0.2) is 34.9 Å². The van der Waals surface area contributed by atoms with Gasteiger partial charge in [0, 0.05) is 12.0 Å². The number of benzene rings is 1. The van der Waals surface area contributed by atoms with Crippen molar-refractivity contribution >= 4 is 5.97 Å². The van der Waals surface area contributed by atoms with Crippen molar-refractivity contribution in [1.82, 2.24) is 4.98 Å². The number of ether oxygens (including phenoxy) is 1. The molecule has 19 heavy (non-hydrogen) atoms. The fraction of sp³-hybridized carbons (Fsp3) is 0.286. The first kappa shape index (κ1) is 13.1. The summed E-state index contributed by atoms with van der Waals surface area (Å²) in [5.74, 6) is 1.09. The van der Waals surface area contributed by atoms with Gasteiger partial charge < -0.3 is 14.3 Å². The van der Waals surface area contributed by atoms with Crippen molar-refractivity contribution in [3.05, 3.63) is 47.7 Å². The van der Waals surface area contributed by atoms with Crippen molar-refractivity contribution in [2.45, 2.75) is 19.3 Å². The number of hydrogen-bond acceptors (Lipinski definition) is 4. The fourth-order valence-electron chi connectivity index (χ4n) is 1.79. The molecule has 0 aliphatic rings. The second kappa shape index (κ2) is 6.04. The summed E-state index contributed by atoms with van der Waals surface area (Å²) in [4.78, 5) is 14.6. The summed E-state index contributed by atoms with van der Waals surface area (Å²) in [6.45, 7) is 0. The molecule has 2 aromatic rings. The molecule has 0 aliphatic heterocycles. The molecule has 5 heteroatoms. The Hall–Kier alpha value is -2.30. The minimum Gasteiger partial charge on any atom is -0.496 e. The quantitative estimate of drug-likeness (QED) is 0.863. The number of methoxy groups -OCH3 is 1. The minimum atomic E-state index is -0.845. The van der Waals surface area contributed by atoms with Gasteiger partial charge in [-0.05, 0) is 6.07 Å². The molecule has 5 nitrogen and oxygen atoms in total. The lowest BCUT2D eigenvalue weighted by Crippen LogP contribution is -1.96. The lowest BCUT2D eigenvalue weighted by molar-refractivity contribution is -0.137. The third kappa shape index (κ3) is 3.58. The predicted molar refractivity (Wildman–Crippen MR) is 68.3 cm³/mol. The SMILES string of the molecule is COc1ccccc1Cc1ncc(CCC(=O)O)o1. The topological polar surface area (TPSA) is 72.6 Å². The molecular formula is C14H15NO4. The second-order valence-corrected chi connectivity index (χ2v) is 4.10. The van der Waals surface area contributed by atoms with E-state index in [9.17, 15) is 4.79 Å². The Kier molecular flexibility index (Phi) is 4.18. The molecule has 1 N–H and O–H groups in total. The average Bonchev–Trinajstić information content (AvgIpc) is 2.85. The van der Waals surface area contributed by atoms with Gasteiger partial charge in [0.1, 0.15) is 11.5 Å². The summed E-state index contributed by atoms with van der Waals surface area (Å²) in [5, 5.41) is 8.61. The number of hydrogen-bond donors (Lipinski definition) is 1. The molecule has 2 rings (SSSR count). The second-order valence-electron chi connectivity index (χ2n) is 4.10. The zero-order valence-corrected chi connectivity index (χ0v) is 10.6. The van der Waals surface area contributed by atoms with E-state index in [4.69, 9.17) is 14.3 Å². The number of aliphatic carboxylic acids is 1. The number of aromatic nitrogens is 1. The largest absolute Gasteiger partial charge is 0.496 e. The third-order valence-electron chi connectivity index (χ3n) is 2.72. The van der Waals surface area contributed by atoms with Crippen molar-refractivity contribution in [3.8, 4) is 5.75 Å². The lowest BCUT2D eigenvalue weighted by atomic mass is 10.1. The third-order valence-corrected chi connectivity index (χ3v) is 2.72. The Morgan fingerprint density at radius 1 is 1.42 bits per heavy atom. The summed E-state index contributed by atoms with van der Waals surface area (Å²) in [5.41, 5.74) is 0.983. The van der Waals surface area contributed by atoms with E-state index >= 15 is 0 Å². The molecule has 0 aliphatic carbocycles. The van der Waals surface area contributed by atoms with Crippen molar-refractivity contribution in [2.75, 3.05) is 7.11 Å². The first-order valence-electron chi connectivity index (χ1n) is 5.96. The molecule has 0 unspecified atom stereocenters. The van der Waals surface area contributed by atoms with Crippen LogP contribution in [0.3, 0.4) is 0 Å². The Labute approximate surface area is 110 Å². The first-order chi connectivity index (χ1) is 9.19. The van der Waals surface area contributed by atoms with Gasteiger partial charge in [-0.15, -0.1) is 0 Å². The van der Waals surface area contributed by atoms with Gasteiger partial charge in [-0.25, -0.2) is 4.98 Å². The molecule has 0 spiro atoms. The molecule has 0 atom stereocenters. The molecule has 0 saturated carbocycles. The number of rotatable bonds is 6. The summed E-state index contributed by atoms with van der Waals surface area (Å²) < 4.78 is 10.8. The van der Waals surface area contributed by atoms with Gasteiger partial charge in [-0.2, -0.15) is 0 Å². The van der Waals surface area contributed by atoms with E-state index in [-0.39, 0.29) is 6.42 Å². The van der Waals surface area contributed by atoms with Gasteiger partial charge in [-0.3, -0.25) is 4.79 Å². The normalized spacial score (nSPS) is 10.4. The highest BCUT2D eigenvalue weighted by Crippen LogP contribution is 2.21. The van der Waals surface area contributed by atoms with Crippen LogP contribution in [-0.2, 0) is 17.6 Å². The van der Waals surface area contributed by atoms with Gasteiger partial charge in [-0.1, -0.05) is 18.2 Å². The number of aryl methyl sites for hydroxylation is 1. The summed E-state index contributed by atoms with van der Waals surface area (Å²) in [7, 11) is 1.62. The average molecular weight is 261 g/mol. The zero-order chi connectivity index (χ0) is 13.7. The van der Waals surface area contributed by atoms with Crippen molar-refractivity contribution < 1.29 is 19.1 Å². The summed E-state index contributed by atoms with van der Waals surface area (Å²) in [6.07, 6.45) is 2.50.